The standard InChI is InChI=1S/C18H28N4/c1-4-6-8-13(5-2)18(3)15(9-7-11-22-18)14-10-12-21-17(20)16(14)19/h7,9-13,22H,4-6,8,19H2,1-3H3,(H2,20,21). The van der Waals surface area contributed by atoms with E-state index >= 15 is 0 Å². The number of rotatable bonds is 6. The largest absolute Gasteiger partial charge is 0.395 e. The third-order valence-electron chi connectivity index (χ3n) is 4.83. The van der Waals surface area contributed by atoms with Crippen LogP contribution in [0.1, 0.15) is 52.0 Å². The van der Waals surface area contributed by atoms with Gasteiger partial charge in [-0.3, -0.25) is 0 Å². The van der Waals surface area contributed by atoms with Crippen LogP contribution < -0.4 is 16.8 Å². The molecule has 0 fully saturated rings. The van der Waals surface area contributed by atoms with Crippen molar-refractivity contribution in [1.29, 1.82) is 0 Å². The minimum absolute atomic E-state index is 0.138. The minimum Gasteiger partial charge on any atom is -0.395 e. The summed E-state index contributed by atoms with van der Waals surface area (Å²) in [6, 6.07) is 1.96. The van der Waals surface area contributed by atoms with Crippen LogP contribution in [0.5, 0.6) is 0 Å². The molecule has 4 nitrogen and oxygen atoms in total. The Morgan fingerprint density at radius 3 is 2.77 bits per heavy atom. The van der Waals surface area contributed by atoms with E-state index in [4.69, 9.17) is 11.5 Å². The molecule has 2 unspecified atom stereocenters. The molecule has 1 aliphatic heterocycles. The van der Waals surface area contributed by atoms with E-state index in [1.165, 1.54) is 24.8 Å². The van der Waals surface area contributed by atoms with Crippen LogP contribution in [0.25, 0.3) is 5.57 Å². The molecule has 0 aliphatic carbocycles. The van der Waals surface area contributed by atoms with Gasteiger partial charge in [0, 0.05) is 11.8 Å². The summed E-state index contributed by atoms with van der Waals surface area (Å²) in [5, 5.41) is 3.59. The monoisotopic (exact) mass is 300 g/mol. The summed E-state index contributed by atoms with van der Waals surface area (Å²) in [5.41, 5.74) is 14.7. The van der Waals surface area contributed by atoms with E-state index in [-0.39, 0.29) is 5.54 Å². The summed E-state index contributed by atoms with van der Waals surface area (Å²) < 4.78 is 0. The fourth-order valence-electron chi connectivity index (χ4n) is 3.40. The predicted octanol–water partition coefficient (Wildman–Crippen LogP) is 3.72. The van der Waals surface area contributed by atoms with Crippen molar-refractivity contribution in [2.75, 3.05) is 11.5 Å². The number of anilines is 2. The lowest BCUT2D eigenvalue weighted by Gasteiger charge is -2.42. The maximum absolute atomic E-state index is 6.20. The van der Waals surface area contributed by atoms with E-state index in [1.54, 1.807) is 6.20 Å². The number of nitrogens with zero attached hydrogens (tertiary/aromatic N) is 1. The molecule has 0 saturated carbocycles. The number of hydrogen-bond acceptors (Lipinski definition) is 4. The van der Waals surface area contributed by atoms with Gasteiger partial charge in [0.25, 0.3) is 0 Å². The van der Waals surface area contributed by atoms with Crippen LogP contribution in [0.3, 0.4) is 0 Å². The minimum atomic E-state index is -0.138. The van der Waals surface area contributed by atoms with Crippen LogP contribution in [0.4, 0.5) is 11.5 Å². The number of unbranched alkanes of at least 4 members (excludes halogenated alkanes) is 1. The first-order valence-electron chi connectivity index (χ1n) is 8.19. The first-order chi connectivity index (χ1) is 10.5. The Morgan fingerprint density at radius 1 is 1.32 bits per heavy atom. The maximum atomic E-state index is 6.20. The van der Waals surface area contributed by atoms with Gasteiger partial charge in [0.2, 0.25) is 0 Å². The van der Waals surface area contributed by atoms with Crippen LogP contribution in [-0.4, -0.2) is 10.5 Å². The molecule has 1 aromatic heterocycles. The SMILES string of the molecule is CCCCC(CC)C1(C)NC=CC=C1c1ccnc(N)c1N. The van der Waals surface area contributed by atoms with Gasteiger partial charge >= 0.3 is 0 Å². The predicted molar refractivity (Wildman–Crippen MR) is 95.0 cm³/mol. The van der Waals surface area contributed by atoms with Gasteiger partial charge in [-0.25, -0.2) is 4.98 Å². The van der Waals surface area contributed by atoms with E-state index in [0.29, 0.717) is 17.4 Å². The number of nitrogens with two attached hydrogens (primary N) is 2. The van der Waals surface area contributed by atoms with Crippen LogP contribution in [0.15, 0.2) is 30.6 Å². The number of allylic oxidation sites excluding steroid dienone is 2. The van der Waals surface area contributed by atoms with Gasteiger partial charge in [0.1, 0.15) is 5.82 Å². The number of dihydropyridines is 1. The molecule has 1 aliphatic rings. The molecule has 0 amide bonds. The highest BCUT2D eigenvalue weighted by atomic mass is 15.0. The van der Waals surface area contributed by atoms with Crippen LogP contribution in [0, 0.1) is 5.92 Å². The summed E-state index contributed by atoms with van der Waals surface area (Å²) in [7, 11) is 0. The second-order valence-corrected chi connectivity index (χ2v) is 6.19. The highest BCUT2D eigenvalue weighted by Gasteiger charge is 2.37. The third-order valence-corrected chi connectivity index (χ3v) is 4.83. The molecule has 2 atom stereocenters. The smallest absolute Gasteiger partial charge is 0.147 e. The van der Waals surface area contributed by atoms with E-state index in [9.17, 15) is 0 Å². The van der Waals surface area contributed by atoms with Gasteiger partial charge in [-0.05, 0) is 43.2 Å². The zero-order chi connectivity index (χ0) is 16.2. The highest BCUT2D eigenvalue weighted by Crippen LogP contribution is 2.41. The third kappa shape index (κ3) is 2.96. The van der Waals surface area contributed by atoms with E-state index in [2.05, 4.69) is 37.1 Å². The Hall–Kier alpha value is -1.97. The Morgan fingerprint density at radius 2 is 2.09 bits per heavy atom. The fraction of sp³-hybridized carbons (Fsp3) is 0.500. The Bertz CT molecular complexity index is 576. The maximum Gasteiger partial charge on any atom is 0.147 e. The topological polar surface area (TPSA) is 77.0 Å². The molecule has 4 heteroatoms. The second kappa shape index (κ2) is 6.86. The fourth-order valence-corrected chi connectivity index (χ4v) is 3.40. The summed E-state index contributed by atoms with van der Waals surface area (Å²) >= 11 is 0. The number of aromatic nitrogens is 1. The van der Waals surface area contributed by atoms with Crippen molar-refractivity contribution in [2.24, 2.45) is 5.92 Å². The Labute approximate surface area is 133 Å². The van der Waals surface area contributed by atoms with E-state index in [1.807, 2.05) is 18.3 Å². The van der Waals surface area contributed by atoms with Gasteiger partial charge in [-0.15, -0.1) is 0 Å². The molecule has 5 N–H and O–H groups in total. The van der Waals surface area contributed by atoms with Crippen molar-refractivity contribution >= 4 is 17.1 Å². The summed E-state index contributed by atoms with van der Waals surface area (Å²) in [5.74, 6) is 0.939. The normalized spacial score (nSPS) is 22.0. The molecule has 2 heterocycles. The average Bonchev–Trinajstić information content (AvgIpc) is 2.51. The van der Waals surface area contributed by atoms with Gasteiger partial charge in [-0.2, -0.15) is 0 Å². The Balaban J connectivity index is 2.44. The van der Waals surface area contributed by atoms with Crippen LogP contribution in [0.2, 0.25) is 0 Å². The molecular weight excluding hydrogens is 272 g/mol. The summed E-state index contributed by atoms with van der Waals surface area (Å²) in [6.07, 6.45) is 12.7. The number of nitrogen functional groups attached to an aromatic ring is 2. The molecule has 2 rings (SSSR count). The number of pyridine rings is 1. The van der Waals surface area contributed by atoms with Gasteiger partial charge in [-0.1, -0.05) is 39.2 Å². The van der Waals surface area contributed by atoms with E-state index < -0.39 is 0 Å². The van der Waals surface area contributed by atoms with Gasteiger partial charge in [0.15, 0.2) is 0 Å². The average molecular weight is 300 g/mol. The Kier molecular flexibility index (Phi) is 5.11. The second-order valence-electron chi connectivity index (χ2n) is 6.19. The molecule has 0 radical (unpaired) electrons. The lowest BCUT2D eigenvalue weighted by Crippen LogP contribution is -2.48. The van der Waals surface area contributed by atoms with Crippen molar-refractivity contribution in [2.45, 2.75) is 52.0 Å². The zero-order valence-corrected chi connectivity index (χ0v) is 13.9. The quantitative estimate of drug-likeness (QED) is 0.748. The van der Waals surface area contributed by atoms with E-state index in [0.717, 1.165) is 12.0 Å². The first-order valence-corrected chi connectivity index (χ1v) is 8.19. The van der Waals surface area contributed by atoms with Crippen molar-refractivity contribution in [3.63, 3.8) is 0 Å². The van der Waals surface area contributed by atoms with Crippen molar-refractivity contribution in [1.82, 2.24) is 10.3 Å². The molecule has 0 aromatic carbocycles. The number of hydrogen-bond donors (Lipinski definition) is 3. The molecular formula is C18H28N4. The highest BCUT2D eigenvalue weighted by molar-refractivity contribution is 5.85. The summed E-state index contributed by atoms with van der Waals surface area (Å²) in [4.78, 5) is 4.08. The first kappa shape index (κ1) is 16.4. The molecule has 1 aromatic rings. The molecule has 0 saturated heterocycles. The van der Waals surface area contributed by atoms with Crippen molar-refractivity contribution in [3.8, 4) is 0 Å². The zero-order valence-electron chi connectivity index (χ0n) is 13.9. The van der Waals surface area contributed by atoms with Crippen molar-refractivity contribution in [3.05, 3.63) is 36.2 Å². The van der Waals surface area contributed by atoms with Gasteiger partial charge in [0.05, 0.1) is 11.2 Å². The molecule has 0 spiro atoms. The number of nitrogens with one attached hydrogen (secondary N) is 1. The van der Waals surface area contributed by atoms with Crippen LogP contribution >= 0.6 is 0 Å². The molecule has 120 valence electrons. The molecule has 0 bridgehead atoms. The lowest BCUT2D eigenvalue weighted by molar-refractivity contribution is 0.292. The van der Waals surface area contributed by atoms with Crippen molar-refractivity contribution < 1.29 is 0 Å². The summed E-state index contributed by atoms with van der Waals surface area (Å²) in [6.45, 7) is 6.76. The van der Waals surface area contributed by atoms with Gasteiger partial charge < -0.3 is 16.8 Å². The van der Waals surface area contributed by atoms with Crippen LogP contribution in [-0.2, 0) is 0 Å². The lowest BCUT2D eigenvalue weighted by atomic mass is 9.72. The molecule has 22 heavy (non-hydrogen) atoms.